The summed E-state index contributed by atoms with van der Waals surface area (Å²) in [4.78, 5) is 16.3. The highest BCUT2D eigenvalue weighted by Gasteiger charge is 2.16. The molecule has 1 N–H and O–H groups in total. The van der Waals surface area contributed by atoms with Gasteiger partial charge in [0.1, 0.15) is 0 Å². The molecule has 80 valence electrons. The van der Waals surface area contributed by atoms with Gasteiger partial charge in [-0.3, -0.25) is 9.63 Å². The molecule has 15 heavy (non-hydrogen) atoms. The molecule has 0 atom stereocenters. The van der Waals surface area contributed by atoms with E-state index in [1.165, 1.54) is 31.1 Å². The van der Waals surface area contributed by atoms with E-state index in [4.69, 9.17) is 0 Å². The van der Waals surface area contributed by atoms with E-state index in [1.54, 1.807) is 0 Å². The van der Waals surface area contributed by atoms with Crippen LogP contribution in [0.2, 0.25) is 0 Å². The molecule has 3 nitrogen and oxygen atoms in total. The Balaban J connectivity index is 2.34. The molecule has 0 aliphatic heterocycles. The van der Waals surface area contributed by atoms with Crippen molar-refractivity contribution in [1.29, 1.82) is 0 Å². The number of hydrogen-bond acceptors (Lipinski definition) is 2. The Bertz CT molecular complexity index is 374. The summed E-state index contributed by atoms with van der Waals surface area (Å²) >= 11 is 0. The summed E-state index contributed by atoms with van der Waals surface area (Å²) in [7, 11) is 1.45. The minimum atomic E-state index is -0.142. The molecule has 0 fully saturated rings. The molecule has 0 heterocycles. The van der Waals surface area contributed by atoms with Gasteiger partial charge in [-0.2, -0.15) is 0 Å². The lowest BCUT2D eigenvalue weighted by atomic mass is 9.88. The number of amides is 1. The van der Waals surface area contributed by atoms with Gasteiger partial charge in [-0.05, 0) is 42.9 Å². The summed E-state index contributed by atoms with van der Waals surface area (Å²) in [5, 5.41) is 0. The Labute approximate surface area is 89.4 Å². The number of carbonyl (C=O) groups excluding carboxylic acids is 1. The van der Waals surface area contributed by atoms with Crippen molar-refractivity contribution in [2.24, 2.45) is 0 Å². The number of carbonyl (C=O) groups is 1. The highest BCUT2D eigenvalue weighted by Crippen LogP contribution is 2.24. The van der Waals surface area contributed by atoms with Crippen LogP contribution in [0.15, 0.2) is 18.2 Å². The van der Waals surface area contributed by atoms with Crippen LogP contribution in [-0.4, -0.2) is 13.0 Å². The lowest BCUT2D eigenvalue weighted by Gasteiger charge is -2.18. The van der Waals surface area contributed by atoms with E-state index in [9.17, 15) is 4.79 Å². The van der Waals surface area contributed by atoms with Gasteiger partial charge in [0, 0.05) is 5.56 Å². The summed E-state index contributed by atoms with van der Waals surface area (Å²) in [6.45, 7) is 0. The fourth-order valence-electron chi connectivity index (χ4n) is 2.14. The van der Waals surface area contributed by atoms with Gasteiger partial charge in [0.25, 0.3) is 5.91 Å². The average molecular weight is 205 g/mol. The van der Waals surface area contributed by atoms with E-state index in [1.807, 2.05) is 12.1 Å². The minimum absolute atomic E-state index is 0.142. The Hall–Kier alpha value is -1.35. The topological polar surface area (TPSA) is 38.3 Å². The van der Waals surface area contributed by atoms with Gasteiger partial charge >= 0.3 is 0 Å². The molecule has 2 rings (SSSR count). The van der Waals surface area contributed by atoms with Gasteiger partial charge in [0.2, 0.25) is 0 Å². The molecule has 0 unspecified atom stereocenters. The Kier molecular flexibility index (Phi) is 3.02. The van der Waals surface area contributed by atoms with Crippen LogP contribution in [0.4, 0.5) is 0 Å². The van der Waals surface area contributed by atoms with E-state index in [-0.39, 0.29) is 5.91 Å². The van der Waals surface area contributed by atoms with Gasteiger partial charge in [0.15, 0.2) is 0 Å². The summed E-state index contributed by atoms with van der Waals surface area (Å²) in [5.74, 6) is -0.142. The first-order valence-electron chi connectivity index (χ1n) is 5.27. The Morgan fingerprint density at radius 3 is 2.93 bits per heavy atom. The standard InChI is InChI=1S/C12H15NO2/c1-15-13-12(14)11-8-4-6-9-5-2-3-7-10(9)11/h4,6,8H,2-3,5,7H2,1H3,(H,13,14). The molecular weight excluding hydrogens is 190 g/mol. The molecule has 0 radical (unpaired) electrons. The van der Waals surface area contributed by atoms with Crippen molar-refractivity contribution < 1.29 is 9.63 Å². The van der Waals surface area contributed by atoms with Crippen LogP contribution >= 0.6 is 0 Å². The number of hydrogen-bond donors (Lipinski definition) is 1. The van der Waals surface area contributed by atoms with Crippen LogP contribution in [0.25, 0.3) is 0 Å². The fraction of sp³-hybridized carbons (Fsp3) is 0.417. The summed E-state index contributed by atoms with van der Waals surface area (Å²) in [6, 6.07) is 5.91. The molecule has 0 saturated carbocycles. The summed E-state index contributed by atoms with van der Waals surface area (Å²) in [5.41, 5.74) is 5.63. The number of aryl methyl sites for hydroxylation is 1. The first kappa shape index (κ1) is 10.2. The zero-order valence-electron chi connectivity index (χ0n) is 8.88. The van der Waals surface area contributed by atoms with Crippen molar-refractivity contribution in [1.82, 2.24) is 5.48 Å². The fourth-order valence-corrected chi connectivity index (χ4v) is 2.14. The maximum Gasteiger partial charge on any atom is 0.275 e. The molecule has 1 aliphatic rings. The first-order valence-corrected chi connectivity index (χ1v) is 5.27. The number of rotatable bonds is 2. The SMILES string of the molecule is CONC(=O)c1cccc2c1CCCC2. The maximum atomic E-state index is 11.7. The lowest BCUT2D eigenvalue weighted by Crippen LogP contribution is -2.24. The third-order valence-electron chi connectivity index (χ3n) is 2.84. The molecule has 1 aliphatic carbocycles. The molecule has 3 heteroatoms. The van der Waals surface area contributed by atoms with Crippen LogP contribution in [0.1, 0.15) is 34.3 Å². The van der Waals surface area contributed by atoms with E-state index >= 15 is 0 Å². The van der Waals surface area contributed by atoms with Crippen molar-refractivity contribution in [2.45, 2.75) is 25.7 Å². The van der Waals surface area contributed by atoms with Gasteiger partial charge in [-0.15, -0.1) is 0 Å². The predicted molar refractivity (Wildman–Crippen MR) is 57.6 cm³/mol. The normalized spacial score (nSPS) is 14.5. The highest BCUT2D eigenvalue weighted by atomic mass is 16.6. The zero-order chi connectivity index (χ0) is 10.7. The largest absolute Gasteiger partial charge is 0.277 e. The second kappa shape index (κ2) is 4.45. The third kappa shape index (κ3) is 2.02. The van der Waals surface area contributed by atoms with Crippen molar-refractivity contribution in [3.8, 4) is 0 Å². The second-order valence-corrected chi connectivity index (χ2v) is 3.79. The smallest absolute Gasteiger partial charge is 0.275 e. The Morgan fingerprint density at radius 2 is 2.13 bits per heavy atom. The van der Waals surface area contributed by atoms with Gasteiger partial charge in [0.05, 0.1) is 7.11 Å². The zero-order valence-corrected chi connectivity index (χ0v) is 8.88. The number of benzene rings is 1. The van der Waals surface area contributed by atoms with Crippen LogP contribution < -0.4 is 5.48 Å². The van der Waals surface area contributed by atoms with E-state index in [0.717, 1.165) is 18.4 Å². The Morgan fingerprint density at radius 1 is 1.33 bits per heavy atom. The van der Waals surface area contributed by atoms with Gasteiger partial charge < -0.3 is 0 Å². The van der Waals surface area contributed by atoms with Crippen molar-refractivity contribution in [3.63, 3.8) is 0 Å². The molecule has 0 bridgehead atoms. The predicted octanol–water partition coefficient (Wildman–Crippen LogP) is 1.86. The number of nitrogens with one attached hydrogen (secondary N) is 1. The van der Waals surface area contributed by atoms with Crippen molar-refractivity contribution >= 4 is 5.91 Å². The van der Waals surface area contributed by atoms with Crippen LogP contribution in [0, 0.1) is 0 Å². The molecule has 1 amide bonds. The second-order valence-electron chi connectivity index (χ2n) is 3.79. The lowest BCUT2D eigenvalue weighted by molar-refractivity contribution is 0.0536. The first-order chi connectivity index (χ1) is 7.33. The average Bonchev–Trinajstić information content (AvgIpc) is 2.28. The molecule has 1 aromatic rings. The highest BCUT2D eigenvalue weighted by molar-refractivity contribution is 5.95. The van der Waals surface area contributed by atoms with Gasteiger partial charge in [-0.1, -0.05) is 12.1 Å². The van der Waals surface area contributed by atoms with E-state index in [2.05, 4.69) is 16.4 Å². The summed E-state index contributed by atoms with van der Waals surface area (Å²) in [6.07, 6.45) is 4.48. The maximum absolute atomic E-state index is 11.7. The molecule has 1 aromatic carbocycles. The van der Waals surface area contributed by atoms with Crippen LogP contribution in [0.5, 0.6) is 0 Å². The van der Waals surface area contributed by atoms with Crippen LogP contribution in [0.3, 0.4) is 0 Å². The third-order valence-corrected chi connectivity index (χ3v) is 2.84. The van der Waals surface area contributed by atoms with E-state index in [0.29, 0.717) is 0 Å². The quantitative estimate of drug-likeness (QED) is 0.748. The van der Waals surface area contributed by atoms with Crippen LogP contribution in [-0.2, 0) is 17.7 Å². The van der Waals surface area contributed by atoms with Crippen molar-refractivity contribution in [2.75, 3.05) is 7.11 Å². The molecule has 0 saturated heterocycles. The number of hydroxylamine groups is 1. The monoisotopic (exact) mass is 205 g/mol. The number of fused-ring (bicyclic) bond motifs is 1. The minimum Gasteiger partial charge on any atom is -0.277 e. The van der Waals surface area contributed by atoms with Gasteiger partial charge in [-0.25, -0.2) is 5.48 Å². The molecule has 0 spiro atoms. The molecular formula is C12H15NO2. The summed E-state index contributed by atoms with van der Waals surface area (Å²) < 4.78 is 0. The van der Waals surface area contributed by atoms with Crippen molar-refractivity contribution in [3.05, 3.63) is 34.9 Å². The molecule has 0 aromatic heterocycles. The van der Waals surface area contributed by atoms with E-state index < -0.39 is 0 Å².